The Balaban J connectivity index is 1.75. The number of aromatic hydroxyl groups is 1. The van der Waals surface area contributed by atoms with Gasteiger partial charge in [0.25, 0.3) is 5.91 Å². The molecule has 0 unspecified atom stereocenters. The molecule has 3 atom stereocenters. The lowest BCUT2D eigenvalue weighted by Crippen LogP contribution is -2.45. The van der Waals surface area contributed by atoms with Gasteiger partial charge in [-0.1, -0.05) is 15.9 Å². The van der Waals surface area contributed by atoms with Gasteiger partial charge in [0.15, 0.2) is 11.5 Å². The molecular weight excluding hydrogens is 416 g/mol. The number of rotatable bonds is 5. The van der Waals surface area contributed by atoms with E-state index in [0.717, 1.165) is 0 Å². The van der Waals surface area contributed by atoms with Gasteiger partial charge in [-0.05, 0) is 37.1 Å². The minimum Gasteiger partial charge on any atom is -0.504 e. The second kappa shape index (κ2) is 8.14. The zero-order chi connectivity index (χ0) is 19.6. The van der Waals surface area contributed by atoms with Crippen LogP contribution in [0.15, 0.2) is 41.1 Å². The highest BCUT2D eigenvalue weighted by Crippen LogP contribution is 2.35. The van der Waals surface area contributed by atoms with E-state index in [0.29, 0.717) is 23.1 Å². The summed E-state index contributed by atoms with van der Waals surface area (Å²) in [4.78, 5) is 18.3. The summed E-state index contributed by atoms with van der Waals surface area (Å²) < 4.78 is 11.5. The molecule has 2 aromatic rings. The number of nitrogens with zero attached hydrogens (tertiary/aromatic N) is 2. The zero-order valence-electron chi connectivity index (χ0n) is 15.0. The molecule has 1 aliphatic rings. The quantitative estimate of drug-likeness (QED) is 0.748. The van der Waals surface area contributed by atoms with E-state index in [9.17, 15) is 15.0 Å². The van der Waals surface area contributed by atoms with Crippen molar-refractivity contribution in [2.45, 2.75) is 31.1 Å². The highest BCUT2D eigenvalue weighted by Gasteiger charge is 2.40. The molecule has 8 heteroatoms. The summed E-state index contributed by atoms with van der Waals surface area (Å²) in [5.74, 6) is 0.141. The highest BCUT2D eigenvalue weighted by molar-refractivity contribution is 9.10. The van der Waals surface area contributed by atoms with Crippen LogP contribution in [-0.4, -0.2) is 58.4 Å². The first-order valence-corrected chi connectivity index (χ1v) is 9.30. The summed E-state index contributed by atoms with van der Waals surface area (Å²) in [6.45, 7) is 0. The second-order valence-electron chi connectivity index (χ2n) is 6.40. The maximum absolute atomic E-state index is 12.9. The van der Waals surface area contributed by atoms with E-state index in [4.69, 9.17) is 9.47 Å². The molecule has 0 aliphatic heterocycles. The van der Waals surface area contributed by atoms with Crippen LogP contribution in [0.1, 0.15) is 23.2 Å². The number of aliphatic hydroxyl groups excluding tert-OH is 1. The lowest BCUT2D eigenvalue weighted by atomic mass is 10.1. The minimum absolute atomic E-state index is 0.104. The molecule has 1 amide bonds. The smallest absolute Gasteiger partial charge is 0.257 e. The third-order valence-corrected chi connectivity index (χ3v) is 5.21. The lowest BCUT2D eigenvalue weighted by Gasteiger charge is -2.29. The molecule has 3 rings (SSSR count). The molecule has 1 fully saturated rings. The van der Waals surface area contributed by atoms with Crippen molar-refractivity contribution in [2.24, 2.45) is 0 Å². The van der Waals surface area contributed by atoms with Crippen molar-refractivity contribution in [1.29, 1.82) is 0 Å². The monoisotopic (exact) mass is 436 g/mol. The number of aliphatic hydroxyl groups is 1. The first-order chi connectivity index (χ1) is 12.9. The van der Waals surface area contributed by atoms with Gasteiger partial charge in [0.05, 0.1) is 24.9 Å². The van der Waals surface area contributed by atoms with E-state index in [2.05, 4.69) is 20.9 Å². The molecule has 1 saturated carbocycles. The number of benzene rings is 1. The summed E-state index contributed by atoms with van der Waals surface area (Å²) in [7, 11) is 3.02. The molecule has 27 heavy (non-hydrogen) atoms. The molecule has 0 spiro atoms. The lowest BCUT2D eigenvalue weighted by molar-refractivity contribution is 0.0164. The summed E-state index contributed by atoms with van der Waals surface area (Å²) in [6, 6.07) is 6.21. The number of hydrogen-bond acceptors (Lipinski definition) is 6. The van der Waals surface area contributed by atoms with Gasteiger partial charge in [0, 0.05) is 17.7 Å². The molecule has 1 heterocycles. The predicted octanol–water partition coefficient (Wildman–Crippen LogP) is 2.60. The number of carbonyl (C=O) groups is 1. The van der Waals surface area contributed by atoms with Gasteiger partial charge < -0.3 is 24.6 Å². The number of carbonyl (C=O) groups excluding carboxylic acids is 1. The van der Waals surface area contributed by atoms with Crippen molar-refractivity contribution >= 4 is 21.8 Å². The number of amides is 1. The van der Waals surface area contributed by atoms with Crippen LogP contribution < -0.4 is 9.47 Å². The van der Waals surface area contributed by atoms with Crippen molar-refractivity contribution in [3.63, 3.8) is 0 Å². The second-order valence-corrected chi connectivity index (χ2v) is 7.32. The number of likely N-dealkylation sites (N-methyl/N-ethyl adjacent to an activating group) is 1. The standard InChI is InChI=1S/C19H21BrN2O5/c1-22(19(25)13-8-11(20)9-16(26-2)17(13)23)14-5-6-15(18(14)24)27-12-4-3-7-21-10-12/h3-4,7-10,14-15,18,23-24H,5-6H2,1-2H3/t14-,15-,18-/m1/s1. The van der Waals surface area contributed by atoms with Crippen LogP contribution in [0.3, 0.4) is 0 Å². The number of methoxy groups -OCH3 is 1. The fourth-order valence-electron chi connectivity index (χ4n) is 3.30. The number of aromatic nitrogens is 1. The Bertz CT molecular complexity index is 817. The van der Waals surface area contributed by atoms with Gasteiger partial charge in [0.2, 0.25) is 0 Å². The molecule has 144 valence electrons. The number of phenols is 1. The van der Waals surface area contributed by atoms with E-state index in [1.165, 1.54) is 18.1 Å². The normalized spacial score (nSPS) is 21.7. The average molecular weight is 437 g/mol. The van der Waals surface area contributed by atoms with Gasteiger partial charge in [-0.3, -0.25) is 9.78 Å². The molecule has 1 aromatic carbocycles. The highest BCUT2D eigenvalue weighted by atomic mass is 79.9. The Morgan fingerprint density at radius 1 is 1.37 bits per heavy atom. The van der Waals surface area contributed by atoms with E-state index in [1.54, 1.807) is 37.6 Å². The van der Waals surface area contributed by atoms with E-state index in [1.807, 2.05) is 0 Å². The largest absolute Gasteiger partial charge is 0.504 e. The Labute approximate surface area is 165 Å². The summed E-state index contributed by atoms with van der Waals surface area (Å²) in [5, 5.41) is 21.0. The molecule has 7 nitrogen and oxygen atoms in total. The zero-order valence-corrected chi connectivity index (χ0v) is 16.6. The number of pyridine rings is 1. The Morgan fingerprint density at radius 3 is 2.81 bits per heavy atom. The van der Waals surface area contributed by atoms with Gasteiger partial charge in [-0.25, -0.2) is 0 Å². The molecular formula is C19H21BrN2O5. The Kier molecular flexibility index (Phi) is 5.86. The molecule has 0 radical (unpaired) electrons. The summed E-state index contributed by atoms with van der Waals surface area (Å²) in [6.07, 6.45) is 3.13. The fourth-order valence-corrected chi connectivity index (χ4v) is 3.74. The van der Waals surface area contributed by atoms with E-state index in [-0.39, 0.29) is 17.1 Å². The van der Waals surface area contributed by atoms with Crippen molar-refractivity contribution in [2.75, 3.05) is 14.2 Å². The SMILES string of the molecule is COc1cc(Br)cc(C(=O)N(C)[C@@H]2CC[C@@H](Oc3cccnc3)[C@@H]2O)c1O. The Hall–Kier alpha value is -2.32. The van der Waals surface area contributed by atoms with Crippen LogP contribution in [0.5, 0.6) is 17.2 Å². The maximum atomic E-state index is 12.9. The number of halogens is 1. The maximum Gasteiger partial charge on any atom is 0.257 e. The predicted molar refractivity (Wildman–Crippen MR) is 102 cm³/mol. The number of ether oxygens (including phenoxy) is 2. The molecule has 0 saturated heterocycles. The summed E-state index contributed by atoms with van der Waals surface area (Å²) in [5.41, 5.74) is 0.104. The minimum atomic E-state index is -0.852. The van der Waals surface area contributed by atoms with Crippen LogP contribution in [0.4, 0.5) is 0 Å². The third-order valence-electron chi connectivity index (χ3n) is 4.75. The van der Waals surface area contributed by atoms with Crippen molar-refractivity contribution in [1.82, 2.24) is 9.88 Å². The van der Waals surface area contributed by atoms with E-state index >= 15 is 0 Å². The van der Waals surface area contributed by atoms with Gasteiger partial charge in [-0.2, -0.15) is 0 Å². The molecule has 2 N–H and O–H groups in total. The molecule has 1 aromatic heterocycles. The fraction of sp³-hybridized carbons (Fsp3) is 0.368. The Morgan fingerprint density at radius 2 is 2.15 bits per heavy atom. The topological polar surface area (TPSA) is 92.1 Å². The van der Waals surface area contributed by atoms with Gasteiger partial charge in [0.1, 0.15) is 18.0 Å². The first kappa shape index (κ1) is 19.4. The first-order valence-electron chi connectivity index (χ1n) is 8.50. The van der Waals surface area contributed by atoms with Crippen molar-refractivity contribution in [3.05, 3.63) is 46.7 Å². The van der Waals surface area contributed by atoms with Crippen molar-refractivity contribution < 1.29 is 24.5 Å². The van der Waals surface area contributed by atoms with Crippen LogP contribution >= 0.6 is 15.9 Å². The van der Waals surface area contributed by atoms with Crippen LogP contribution in [0.2, 0.25) is 0 Å². The van der Waals surface area contributed by atoms with Crippen LogP contribution in [-0.2, 0) is 0 Å². The van der Waals surface area contributed by atoms with Crippen molar-refractivity contribution in [3.8, 4) is 17.2 Å². The van der Waals surface area contributed by atoms with E-state index < -0.39 is 24.2 Å². The van der Waals surface area contributed by atoms with Gasteiger partial charge >= 0.3 is 0 Å². The van der Waals surface area contributed by atoms with Crippen LogP contribution in [0, 0.1) is 0 Å². The summed E-state index contributed by atoms with van der Waals surface area (Å²) >= 11 is 3.31. The number of phenolic OH excluding ortho intramolecular Hbond substituents is 1. The molecule has 0 bridgehead atoms. The third kappa shape index (κ3) is 4.01. The number of hydrogen-bond donors (Lipinski definition) is 2. The average Bonchev–Trinajstić information content (AvgIpc) is 3.03. The van der Waals surface area contributed by atoms with Gasteiger partial charge in [-0.15, -0.1) is 0 Å². The molecule has 1 aliphatic carbocycles. The van der Waals surface area contributed by atoms with Crippen LogP contribution in [0.25, 0.3) is 0 Å².